The fourth-order valence-electron chi connectivity index (χ4n) is 1.40. The van der Waals surface area contributed by atoms with E-state index in [-0.39, 0.29) is 0 Å². The van der Waals surface area contributed by atoms with Crippen molar-refractivity contribution in [1.29, 1.82) is 0 Å². The van der Waals surface area contributed by atoms with E-state index in [2.05, 4.69) is 10.3 Å². The van der Waals surface area contributed by atoms with Gasteiger partial charge in [0, 0.05) is 23.8 Å². The van der Waals surface area contributed by atoms with E-state index >= 15 is 0 Å². The lowest BCUT2D eigenvalue weighted by Gasteiger charge is -2.05. The lowest BCUT2D eigenvalue weighted by atomic mass is 10.3. The first-order valence-corrected chi connectivity index (χ1v) is 5.68. The SMILES string of the molecule is CNCc1ccc(Oc2ccc(Cl)cc2)nc1. The van der Waals surface area contributed by atoms with Gasteiger partial charge in [-0.25, -0.2) is 4.98 Å². The van der Waals surface area contributed by atoms with Crippen molar-refractivity contribution in [3.63, 3.8) is 0 Å². The molecule has 17 heavy (non-hydrogen) atoms. The number of ether oxygens (including phenoxy) is 1. The first-order valence-electron chi connectivity index (χ1n) is 5.31. The molecule has 88 valence electrons. The standard InChI is InChI=1S/C13H13ClN2O/c1-15-8-10-2-7-13(16-9-10)17-12-5-3-11(14)4-6-12/h2-7,9,15H,8H2,1H3. The zero-order valence-corrected chi connectivity index (χ0v) is 10.2. The predicted octanol–water partition coefficient (Wildman–Crippen LogP) is 3.25. The Balaban J connectivity index is 2.05. The van der Waals surface area contributed by atoms with Crippen molar-refractivity contribution in [3.05, 3.63) is 53.2 Å². The van der Waals surface area contributed by atoms with Crippen molar-refractivity contribution in [2.75, 3.05) is 7.05 Å². The first kappa shape index (κ1) is 11.9. The fourth-order valence-corrected chi connectivity index (χ4v) is 1.53. The van der Waals surface area contributed by atoms with Crippen LogP contribution in [0.2, 0.25) is 5.02 Å². The summed E-state index contributed by atoms with van der Waals surface area (Å²) >= 11 is 5.79. The largest absolute Gasteiger partial charge is 0.439 e. The van der Waals surface area contributed by atoms with E-state index in [4.69, 9.17) is 16.3 Å². The maximum absolute atomic E-state index is 5.79. The Bertz CT molecular complexity index is 468. The quantitative estimate of drug-likeness (QED) is 0.902. The number of hydrogen-bond acceptors (Lipinski definition) is 3. The molecule has 0 radical (unpaired) electrons. The Kier molecular flexibility index (Phi) is 3.96. The lowest BCUT2D eigenvalue weighted by Crippen LogP contribution is -2.05. The molecular weight excluding hydrogens is 236 g/mol. The van der Waals surface area contributed by atoms with Crippen molar-refractivity contribution in [2.24, 2.45) is 0 Å². The summed E-state index contributed by atoms with van der Waals surface area (Å²) in [6, 6.07) is 11.0. The highest BCUT2D eigenvalue weighted by atomic mass is 35.5. The lowest BCUT2D eigenvalue weighted by molar-refractivity contribution is 0.462. The summed E-state index contributed by atoms with van der Waals surface area (Å²) in [6.07, 6.45) is 1.79. The van der Waals surface area contributed by atoms with Gasteiger partial charge in [-0.15, -0.1) is 0 Å². The molecule has 0 unspecified atom stereocenters. The molecule has 0 saturated heterocycles. The van der Waals surface area contributed by atoms with Gasteiger partial charge in [0.1, 0.15) is 5.75 Å². The smallest absolute Gasteiger partial charge is 0.219 e. The average molecular weight is 249 g/mol. The molecule has 1 aromatic carbocycles. The van der Waals surface area contributed by atoms with Gasteiger partial charge < -0.3 is 10.1 Å². The molecule has 2 rings (SSSR count). The molecular formula is C13H13ClN2O. The maximum Gasteiger partial charge on any atom is 0.219 e. The zero-order valence-electron chi connectivity index (χ0n) is 9.48. The van der Waals surface area contributed by atoms with Crippen molar-refractivity contribution < 1.29 is 4.74 Å². The van der Waals surface area contributed by atoms with Crippen molar-refractivity contribution in [1.82, 2.24) is 10.3 Å². The normalized spacial score (nSPS) is 10.2. The maximum atomic E-state index is 5.79. The van der Waals surface area contributed by atoms with Crippen LogP contribution in [0.4, 0.5) is 0 Å². The molecule has 0 saturated carbocycles. The number of benzene rings is 1. The molecule has 0 aliphatic heterocycles. The highest BCUT2D eigenvalue weighted by molar-refractivity contribution is 6.30. The second-order valence-electron chi connectivity index (χ2n) is 3.59. The van der Waals surface area contributed by atoms with Crippen LogP contribution in [0.3, 0.4) is 0 Å². The second kappa shape index (κ2) is 5.66. The summed E-state index contributed by atoms with van der Waals surface area (Å²) in [5, 5.41) is 3.75. The average Bonchev–Trinajstić information content (AvgIpc) is 2.35. The molecule has 3 nitrogen and oxygen atoms in total. The molecule has 0 atom stereocenters. The van der Waals surface area contributed by atoms with Gasteiger partial charge in [0.2, 0.25) is 5.88 Å². The Morgan fingerprint density at radius 3 is 2.53 bits per heavy atom. The highest BCUT2D eigenvalue weighted by Crippen LogP contribution is 2.21. The molecule has 0 amide bonds. The summed E-state index contributed by atoms with van der Waals surface area (Å²) in [5.74, 6) is 1.30. The Hall–Kier alpha value is -1.58. The third-order valence-electron chi connectivity index (χ3n) is 2.21. The van der Waals surface area contributed by atoms with Crippen molar-refractivity contribution in [2.45, 2.75) is 6.54 Å². The van der Waals surface area contributed by atoms with Gasteiger partial charge in [-0.3, -0.25) is 0 Å². The van der Waals surface area contributed by atoms with E-state index in [0.717, 1.165) is 17.9 Å². The van der Waals surface area contributed by atoms with Crippen LogP contribution in [0, 0.1) is 0 Å². The van der Waals surface area contributed by atoms with E-state index in [1.54, 1.807) is 18.3 Å². The predicted molar refractivity (Wildman–Crippen MR) is 68.5 cm³/mol. The minimum atomic E-state index is 0.576. The molecule has 1 aromatic heterocycles. The summed E-state index contributed by atoms with van der Waals surface area (Å²) in [5.41, 5.74) is 1.12. The fraction of sp³-hybridized carbons (Fsp3) is 0.154. The van der Waals surface area contributed by atoms with Crippen LogP contribution in [0.15, 0.2) is 42.6 Å². The number of rotatable bonds is 4. The van der Waals surface area contributed by atoms with Gasteiger partial charge in [0.25, 0.3) is 0 Å². The van der Waals surface area contributed by atoms with E-state index in [9.17, 15) is 0 Å². The van der Waals surface area contributed by atoms with Crippen molar-refractivity contribution in [3.8, 4) is 11.6 Å². The van der Waals surface area contributed by atoms with Crippen LogP contribution in [-0.2, 0) is 6.54 Å². The number of halogens is 1. The number of pyridine rings is 1. The van der Waals surface area contributed by atoms with E-state index in [1.165, 1.54) is 0 Å². The van der Waals surface area contributed by atoms with Crippen LogP contribution in [0.25, 0.3) is 0 Å². The summed E-state index contributed by atoms with van der Waals surface area (Å²) < 4.78 is 5.58. The number of nitrogens with zero attached hydrogens (tertiary/aromatic N) is 1. The molecule has 1 heterocycles. The summed E-state index contributed by atoms with van der Waals surface area (Å²) in [6.45, 7) is 0.800. The topological polar surface area (TPSA) is 34.1 Å². The minimum absolute atomic E-state index is 0.576. The Labute approximate surface area is 105 Å². The van der Waals surface area contributed by atoms with Crippen LogP contribution in [0.5, 0.6) is 11.6 Å². The Morgan fingerprint density at radius 1 is 1.18 bits per heavy atom. The van der Waals surface area contributed by atoms with Crippen molar-refractivity contribution >= 4 is 11.6 Å². The van der Waals surface area contributed by atoms with Crippen LogP contribution < -0.4 is 10.1 Å². The first-order chi connectivity index (χ1) is 8.28. The van der Waals surface area contributed by atoms with Gasteiger partial charge in [-0.2, -0.15) is 0 Å². The molecule has 0 aliphatic rings. The summed E-state index contributed by atoms with van der Waals surface area (Å²) in [4.78, 5) is 4.22. The second-order valence-corrected chi connectivity index (χ2v) is 4.03. The monoisotopic (exact) mass is 248 g/mol. The zero-order chi connectivity index (χ0) is 12.1. The van der Waals surface area contributed by atoms with Crippen LogP contribution in [0.1, 0.15) is 5.56 Å². The minimum Gasteiger partial charge on any atom is -0.439 e. The van der Waals surface area contributed by atoms with Gasteiger partial charge in [-0.05, 0) is 36.9 Å². The van der Waals surface area contributed by atoms with Gasteiger partial charge in [0.05, 0.1) is 0 Å². The third kappa shape index (κ3) is 3.44. The molecule has 0 fully saturated rings. The van der Waals surface area contributed by atoms with Gasteiger partial charge in [-0.1, -0.05) is 17.7 Å². The Morgan fingerprint density at radius 2 is 1.94 bits per heavy atom. The van der Waals surface area contributed by atoms with Crippen LogP contribution in [-0.4, -0.2) is 12.0 Å². The molecule has 0 aliphatic carbocycles. The van der Waals surface area contributed by atoms with E-state index in [1.807, 2.05) is 31.3 Å². The number of hydrogen-bond donors (Lipinski definition) is 1. The number of nitrogens with one attached hydrogen (secondary N) is 1. The van der Waals surface area contributed by atoms with Gasteiger partial charge in [0.15, 0.2) is 0 Å². The molecule has 4 heteroatoms. The van der Waals surface area contributed by atoms with Gasteiger partial charge >= 0.3 is 0 Å². The summed E-state index contributed by atoms with van der Waals surface area (Å²) in [7, 11) is 1.90. The molecule has 2 aromatic rings. The van der Waals surface area contributed by atoms with E-state index in [0.29, 0.717) is 10.9 Å². The molecule has 0 bridgehead atoms. The van der Waals surface area contributed by atoms with E-state index < -0.39 is 0 Å². The molecule has 1 N–H and O–H groups in total. The third-order valence-corrected chi connectivity index (χ3v) is 2.47. The number of aromatic nitrogens is 1. The highest BCUT2D eigenvalue weighted by Gasteiger charge is 1.99. The van der Waals surface area contributed by atoms with Crippen LogP contribution >= 0.6 is 11.6 Å². The molecule has 0 spiro atoms.